The SMILES string of the molecule is CC1(C)C(=O)N([C@@H]2C3CC4C[C@H]2C[C@@](C(=O)NC2CC2)(C4)C3)C1c1cccc2c1OCO2. The first-order chi connectivity index (χ1) is 15.4. The van der Waals surface area contributed by atoms with Gasteiger partial charge in [-0.25, -0.2) is 0 Å². The van der Waals surface area contributed by atoms with E-state index in [0.717, 1.165) is 62.0 Å². The highest BCUT2D eigenvalue weighted by Gasteiger charge is 2.66. The summed E-state index contributed by atoms with van der Waals surface area (Å²) in [7, 11) is 0. The van der Waals surface area contributed by atoms with Crippen LogP contribution < -0.4 is 14.8 Å². The van der Waals surface area contributed by atoms with Gasteiger partial charge >= 0.3 is 0 Å². The highest BCUT2D eigenvalue weighted by atomic mass is 16.7. The van der Waals surface area contributed by atoms with Crippen LogP contribution >= 0.6 is 0 Å². The maximum absolute atomic E-state index is 13.5. The zero-order chi connectivity index (χ0) is 21.8. The topological polar surface area (TPSA) is 67.9 Å². The molecule has 5 aliphatic carbocycles. The Hall–Kier alpha value is -2.24. The Balaban J connectivity index is 1.22. The summed E-state index contributed by atoms with van der Waals surface area (Å²) in [6.07, 6.45) is 7.50. The van der Waals surface area contributed by atoms with Crippen molar-refractivity contribution in [2.45, 2.75) is 76.9 Å². The number of nitrogens with one attached hydrogen (secondary N) is 1. The summed E-state index contributed by atoms with van der Waals surface area (Å²) in [5.41, 5.74) is 0.413. The molecule has 8 rings (SSSR count). The molecule has 32 heavy (non-hydrogen) atoms. The molecule has 1 aromatic carbocycles. The summed E-state index contributed by atoms with van der Waals surface area (Å²) in [6, 6.07) is 6.68. The van der Waals surface area contributed by atoms with Gasteiger partial charge in [-0.15, -0.1) is 0 Å². The Morgan fingerprint density at radius 1 is 1.09 bits per heavy atom. The third kappa shape index (κ3) is 2.47. The normalized spacial score (nSPS) is 40.4. The van der Waals surface area contributed by atoms with Crippen molar-refractivity contribution in [3.05, 3.63) is 23.8 Å². The molecule has 0 spiro atoms. The highest BCUT2D eigenvalue weighted by Crippen LogP contribution is 2.65. The fourth-order valence-corrected chi connectivity index (χ4v) is 8.16. The molecule has 1 N–H and O–H groups in total. The van der Waals surface area contributed by atoms with Crippen molar-refractivity contribution < 1.29 is 19.1 Å². The van der Waals surface area contributed by atoms with Gasteiger partial charge in [0.05, 0.1) is 16.9 Å². The summed E-state index contributed by atoms with van der Waals surface area (Å²) >= 11 is 0. The maximum Gasteiger partial charge on any atom is 0.231 e. The van der Waals surface area contributed by atoms with Crippen LogP contribution in [0.2, 0.25) is 0 Å². The Kier molecular flexibility index (Phi) is 3.73. The molecule has 1 aromatic rings. The molecule has 2 aliphatic heterocycles. The average Bonchev–Trinajstić information content (AvgIpc) is 3.43. The minimum Gasteiger partial charge on any atom is -0.454 e. The lowest BCUT2D eigenvalue weighted by atomic mass is 9.46. The maximum atomic E-state index is 13.5. The van der Waals surface area contributed by atoms with E-state index in [1.807, 2.05) is 12.1 Å². The summed E-state index contributed by atoms with van der Waals surface area (Å²) in [6.45, 7) is 4.36. The van der Waals surface area contributed by atoms with Gasteiger partial charge in [0.15, 0.2) is 11.5 Å². The van der Waals surface area contributed by atoms with Crippen molar-refractivity contribution in [1.82, 2.24) is 10.2 Å². The summed E-state index contributed by atoms with van der Waals surface area (Å²) < 4.78 is 11.5. The summed E-state index contributed by atoms with van der Waals surface area (Å²) in [5, 5.41) is 3.32. The largest absolute Gasteiger partial charge is 0.454 e. The molecular weight excluding hydrogens is 404 g/mol. The van der Waals surface area contributed by atoms with E-state index in [2.05, 4.69) is 30.1 Å². The van der Waals surface area contributed by atoms with Crippen LogP contribution in [0.3, 0.4) is 0 Å². The van der Waals surface area contributed by atoms with E-state index in [0.29, 0.717) is 29.7 Å². The molecule has 0 aromatic heterocycles. The van der Waals surface area contributed by atoms with E-state index in [1.54, 1.807) is 0 Å². The van der Waals surface area contributed by atoms with Gasteiger partial charge in [-0.3, -0.25) is 9.59 Å². The summed E-state index contributed by atoms with van der Waals surface area (Å²) in [5.74, 6) is 3.59. The lowest BCUT2D eigenvalue weighted by Gasteiger charge is -2.66. The van der Waals surface area contributed by atoms with Crippen LogP contribution in [0.25, 0.3) is 0 Å². The Labute approximate surface area is 189 Å². The predicted molar refractivity (Wildman–Crippen MR) is 117 cm³/mol. The zero-order valence-corrected chi connectivity index (χ0v) is 18.9. The number of carbonyl (C=O) groups is 2. The molecule has 170 valence electrons. The number of hydrogen-bond donors (Lipinski definition) is 1. The molecule has 3 unspecified atom stereocenters. The van der Waals surface area contributed by atoms with Crippen LogP contribution in [0.4, 0.5) is 0 Å². The van der Waals surface area contributed by atoms with Gasteiger partial charge in [0, 0.05) is 17.6 Å². The number of β-lactam (4-membered cyclic amide) rings is 1. The van der Waals surface area contributed by atoms with Gasteiger partial charge in [-0.05, 0) is 82.6 Å². The molecule has 4 bridgehead atoms. The third-order valence-electron chi connectivity index (χ3n) is 9.41. The number of ether oxygens (including phenoxy) is 2. The van der Waals surface area contributed by atoms with Gasteiger partial charge in [0.2, 0.25) is 18.6 Å². The lowest BCUT2D eigenvalue weighted by Crippen LogP contribution is -2.71. The number of hydrogen-bond acceptors (Lipinski definition) is 4. The van der Waals surface area contributed by atoms with Crippen LogP contribution in [0.5, 0.6) is 11.5 Å². The van der Waals surface area contributed by atoms with Crippen LogP contribution in [-0.4, -0.2) is 35.6 Å². The quantitative estimate of drug-likeness (QED) is 0.729. The van der Waals surface area contributed by atoms with E-state index < -0.39 is 5.41 Å². The second kappa shape index (κ2) is 6.21. The Bertz CT molecular complexity index is 999. The molecular formula is C26H32N2O4. The molecule has 1 saturated heterocycles. The first-order valence-corrected chi connectivity index (χ1v) is 12.4. The van der Waals surface area contributed by atoms with Gasteiger partial charge in [-0.2, -0.15) is 0 Å². The lowest BCUT2D eigenvalue weighted by molar-refractivity contribution is -0.199. The number of fused-ring (bicyclic) bond motifs is 1. The molecule has 6 nitrogen and oxygen atoms in total. The van der Waals surface area contributed by atoms with Gasteiger partial charge in [0.25, 0.3) is 0 Å². The molecule has 6 atom stereocenters. The second-order valence-corrected chi connectivity index (χ2v) is 11.9. The number of benzene rings is 1. The van der Waals surface area contributed by atoms with E-state index in [9.17, 15) is 9.59 Å². The number of nitrogens with zero attached hydrogens (tertiary/aromatic N) is 1. The van der Waals surface area contributed by atoms with Crippen molar-refractivity contribution in [2.75, 3.05) is 6.79 Å². The Morgan fingerprint density at radius 3 is 2.56 bits per heavy atom. The smallest absolute Gasteiger partial charge is 0.231 e. The first kappa shape index (κ1) is 19.2. The van der Waals surface area contributed by atoms with Crippen LogP contribution in [0.15, 0.2) is 18.2 Å². The molecule has 7 aliphatic rings. The zero-order valence-electron chi connectivity index (χ0n) is 18.9. The summed E-state index contributed by atoms with van der Waals surface area (Å²) in [4.78, 5) is 29.0. The van der Waals surface area contributed by atoms with Crippen LogP contribution in [-0.2, 0) is 9.59 Å². The van der Waals surface area contributed by atoms with E-state index in [1.165, 1.54) is 0 Å². The Morgan fingerprint density at radius 2 is 1.84 bits per heavy atom. The number of amides is 2. The van der Waals surface area contributed by atoms with E-state index in [4.69, 9.17) is 9.47 Å². The monoisotopic (exact) mass is 436 g/mol. The standard InChI is InChI=1S/C26H32N2O4/c1-25(2)22(18-4-3-5-19-21(18)32-13-31-19)28(24(25)30)20-15-8-14-9-16(20)12-26(10-14,11-15)23(29)27-17-6-7-17/h3-5,14-17,20,22H,6-13H2,1-2H3,(H,27,29)/t14?,15-,16?,20-,22?,26-/m0/s1. The number of rotatable bonds is 4. The van der Waals surface area contributed by atoms with Gasteiger partial charge < -0.3 is 19.7 Å². The fourth-order valence-electron chi connectivity index (χ4n) is 8.16. The van der Waals surface area contributed by atoms with E-state index in [-0.39, 0.29) is 30.2 Å². The van der Waals surface area contributed by atoms with Crippen molar-refractivity contribution in [3.63, 3.8) is 0 Å². The second-order valence-electron chi connectivity index (χ2n) is 11.9. The number of para-hydroxylation sites is 1. The van der Waals surface area contributed by atoms with Crippen molar-refractivity contribution >= 4 is 11.8 Å². The number of likely N-dealkylation sites (tertiary alicyclic amines) is 1. The van der Waals surface area contributed by atoms with E-state index >= 15 is 0 Å². The molecule has 2 amide bonds. The molecule has 2 heterocycles. The highest BCUT2D eigenvalue weighted by molar-refractivity contribution is 5.91. The van der Waals surface area contributed by atoms with Gasteiger partial charge in [0.1, 0.15) is 0 Å². The minimum absolute atomic E-state index is 0.00887. The van der Waals surface area contributed by atoms with Crippen LogP contribution in [0.1, 0.15) is 70.4 Å². The third-order valence-corrected chi connectivity index (χ3v) is 9.41. The van der Waals surface area contributed by atoms with Gasteiger partial charge in [-0.1, -0.05) is 12.1 Å². The molecule has 0 radical (unpaired) electrons. The van der Waals surface area contributed by atoms with Crippen LogP contribution in [0, 0.1) is 28.6 Å². The van der Waals surface area contributed by atoms with Crippen molar-refractivity contribution in [2.24, 2.45) is 28.6 Å². The first-order valence-electron chi connectivity index (χ1n) is 12.4. The van der Waals surface area contributed by atoms with Crippen molar-refractivity contribution in [1.29, 1.82) is 0 Å². The molecule has 6 heteroatoms. The fraction of sp³-hybridized carbons (Fsp3) is 0.692. The minimum atomic E-state index is -0.462. The molecule has 5 saturated carbocycles. The number of carbonyl (C=O) groups excluding carboxylic acids is 2. The molecule has 6 fully saturated rings. The van der Waals surface area contributed by atoms with Crippen molar-refractivity contribution in [3.8, 4) is 11.5 Å². The average molecular weight is 437 g/mol. The predicted octanol–water partition coefficient (Wildman–Crippen LogP) is 3.80.